The van der Waals surface area contributed by atoms with Crippen LogP contribution in [0.5, 0.6) is 0 Å². The van der Waals surface area contributed by atoms with E-state index >= 15 is 0 Å². The van der Waals surface area contributed by atoms with Crippen LogP contribution < -0.4 is 0 Å². The first-order valence-corrected chi connectivity index (χ1v) is 8.07. The molecular weight excluding hydrogens is 268 g/mol. The van der Waals surface area contributed by atoms with Gasteiger partial charge in [-0.3, -0.25) is 0 Å². The molecule has 0 amide bonds. The summed E-state index contributed by atoms with van der Waals surface area (Å²) in [6.07, 6.45) is 2.69. The molecule has 1 unspecified atom stereocenters. The average Bonchev–Trinajstić information content (AvgIpc) is 2.37. The van der Waals surface area contributed by atoms with Crippen molar-refractivity contribution in [2.75, 3.05) is 19.1 Å². The zero-order chi connectivity index (χ0) is 13.7. The molecule has 0 heterocycles. The predicted octanol–water partition coefficient (Wildman–Crippen LogP) is 3.04. The van der Waals surface area contributed by atoms with Crippen LogP contribution >= 0.6 is 23.5 Å². The molecule has 1 rings (SSSR count). The molecule has 0 aliphatic rings. The molecule has 0 aromatic heterocycles. The third-order valence-electron chi connectivity index (χ3n) is 2.55. The van der Waals surface area contributed by atoms with Gasteiger partial charge in [0.1, 0.15) is 0 Å². The van der Waals surface area contributed by atoms with E-state index in [1.54, 1.807) is 18.7 Å². The SMILES string of the molecule is CCOC(=O)C(O)c1cc(SC)c(C)cc1SC. The molecule has 0 radical (unpaired) electrons. The topological polar surface area (TPSA) is 46.5 Å². The first kappa shape index (κ1) is 15.4. The number of hydrogen-bond donors (Lipinski definition) is 1. The summed E-state index contributed by atoms with van der Waals surface area (Å²) in [7, 11) is 0. The summed E-state index contributed by atoms with van der Waals surface area (Å²) in [5, 5.41) is 10.0. The van der Waals surface area contributed by atoms with Gasteiger partial charge in [0.15, 0.2) is 6.10 Å². The summed E-state index contributed by atoms with van der Waals surface area (Å²) in [6.45, 7) is 4.01. The highest BCUT2D eigenvalue weighted by Gasteiger charge is 2.22. The van der Waals surface area contributed by atoms with E-state index in [2.05, 4.69) is 0 Å². The smallest absolute Gasteiger partial charge is 0.339 e. The second kappa shape index (κ2) is 7.07. The number of ether oxygens (including phenoxy) is 1. The molecule has 0 fully saturated rings. The Bertz CT molecular complexity index is 432. The summed E-state index contributed by atoms with van der Waals surface area (Å²) in [4.78, 5) is 13.6. The van der Waals surface area contributed by atoms with E-state index in [-0.39, 0.29) is 6.61 Å². The Morgan fingerprint density at radius 3 is 2.44 bits per heavy atom. The third kappa shape index (κ3) is 3.43. The number of aliphatic hydroxyl groups is 1. The number of aliphatic hydroxyl groups excluding tert-OH is 1. The summed E-state index contributed by atoms with van der Waals surface area (Å²) >= 11 is 3.11. The lowest BCUT2D eigenvalue weighted by Gasteiger charge is -2.16. The lowest BCUT2D eigenvalue weighted by Crippen LogP contribution is -2.16. The molecule has 3 nitrogen and oxygen atoms in total. The molecule has 0 aliphatic carbocycles. The summed E-state index contributed by atoms with van der Waals surface area (Å²) in [5.74, 6) is -0.594. The van der Waals surface area contributed by atoms with Gasteiger partial charge >= 0.3 is 5.97 Å². The van der Waals surface area contributed by atoms with E-state index in [0.717, 1.165) is 15.4 Å². The van der Waals surface area contributed by atoms with Crippen molar-refractivity contribution in [3.8, 4) is 0 Å². The summed E-state index contributed by atoms with van der Waals surface area (Å²) in [6, 6.07) is 3.86. The molecule has 1 aromatic carbocycles. The number of carbonyl (C=O) groups excluding carboxylic acids is 1. The van der Waals surface area contributed by atoms with Gasteiger partial charge < -0.3 is 9.84 Å². The summed E-state index contributed by atoms with van der Waals surface area (Å²) < 4.78 is 4.86. The van der Waals surface area contributed by atoms with Crippen LogP contribution in [0.2, 0.25) is 0 Å². The van der Waals surface area contributed by atoms with Crippen LogP contribution in [0.15, 0.2) is 21.9 Å². The lowest BCUT2D eigenvalue weighted by atomic mass is 10.1. The Balaban J connectivity index is 3.16. The molecule has 0 bridgehead atoms. The Kier molecular flexibility index (Phi) is 6.05. The number of aryl methyl sites for hydroxylation is 1. The average molecular weight is 286 g/mol. The standard InChI is InChI=1S/C13H18O3S2/c1-5-16-13(15)12(14)9-7-10(17-3)8(2)6-11(9)18-4/h6-7,12,14H,5H2,1-4H3. The fraction of sp³-hybridized carbons (Fsp3) is 0.462. The predicted molar refractivity (Wildman–Crippen MR) is 76.3 cm³/mol. The highest BCUT2D eigenvalue weighted by atomic mass is 32.2. The third-order valence-corrected chi connectivity index (χ3v) is 4.22. The number of thioether (sulfide) groups is 2. The largest absolute Gasteiger partial charge is 0.464 e. The van der Waals surface area contributed by atoms with Crippen molar-refractivity contribution < 1.29 is 14.6 Å². The van der Waals surface area contributed by atoms with Gasteiger partial charge in [0.05, 0.1) is 6.61 Å². The van der Waals surface area contributed by atoms with Gasteiger partial charge in [0.25, 0.3) is 0 Å². The van der Waals surface area contributed by atoms with Crippen LogP contribution in [-0.4, -0.2) is 30.2 Å². The van der Waals surface area contributed by atoms with Crippen molar-refractivity contribution in [3.05, 3.63) is 23.3 Å². The first-order chi connectivity index (χ1) is 8.54. The van der Waals surface area contributed by atoms with Gasteiger partial charge in [0, 0.05) is 15.4 Å². The van der Waals surface area contributed by atoms with E-state index in [0.29, 0.717) is 5.56 Å². The van der Waals surface area contributed by atoms with Gasteiger partial charge in [-0.15, -0.1) is 23.5 Å². The molecule has 0 saturated heterocycles. The fourth-order valence-electron chi connectivity index (χ4n) is 1.64. The minimum absolute atomic E-state index is 0.270. The lowest BCUT2D eigenvalue weighted by molar-refractivity contribution is -0.153. The van der Waals surface area contributed by atoms with Crippen molar-refractivity contribution in [1.82, 2.24) is 0 Å². The Hall–Kier alpha value is -0.650. The van der Waals surface area contributed by atoms with E-state index in [4.69, 9.17) is 4.74 Å². The maximum absolute atomic E-state index is 11.6. The van der Waals surface area contributed by atoms with Crippen LogP contribution in [0.25, 0.3) is 0 Å². The second-order valence-electron chi connectivity index (χ2n) is 3.72. The molecule has 0 aliphatic heterocycles. The highest BCUT2D eigenvalue weighted by Crippen LogP contribution is 2.33. The van der Waals surface area contributed by atoms with Gasteiger partial charge in [-0.1, -0.05) is 0 Å². The van der Waals surface area contributed by atoms with Crippen molar-refractivity contribution in [1.29, 1.82) is 0 Å². The van der Waals surface area contributed by atoms with Crippen molar-refractivity contribution in [2.45, 2.75) is 29.7 Å². The second-order valence-corrected chi connectivity index (χ2v) is 5.41. The van der Waals surface area contributed by atoms with E-state index in [1.807, 2.05) is 31.6 Å². The van der Waals surface area contributed by atoms with Crippen LogP contribution in [0.1, 0.15) is 24.2 Å². The Morgan fingerprint density at radius 1 is 1.33 bits per heavy atom. The molecule has 5 heteroatoms. The van der Waals surface area contributed by atoms with Crippen LogP contribution in [0.4, 0.5) is 0 Å². The molecule has 1 atom stereocenters. The monoisotopic (exact) mass is 286 g/mol. The van der Waals surface area contributed by atoms with Crippen LogP contribution in [0, 0.1) is 6.92 Å². The first-order valence-electron chi connectivity index (χ1n) is 5.62. The van der Waals surface area contributed by atoms with Crippen molar-refractivity contribution in [2.24, 2.45) is 0 Å². The van der Waals surface area contributed by atoms with E-state index in [1.165, 1.54) is 11.8 Å². The number of esters is 1. The van der Waals surface area contributed by atoms with Gasteiger partial charge in [-0.05, 0) is 44.1 Å². The Morgan fingerprint density at radius 2 is 1.94 bits per heavy atom. The minimum atomic E-state index is -1.21. The zero-order valence-corrected chi connectivity index (χ0v) is 12.7. The minimum Gasteiger partial charge on any atom is -0.464 e. The van der Waals surface area contributed by atoms with Crippen molar-refractivity contribution in [3.63, 3.8) is 0 Å². The summed E-state index contributed by atoms with van der Waals surface area (Å²) in [5.41, 5.74) is 1.77. The Labute approximate surface area is 116 Å². The van der Waals surface area contributed by atoms with Crippen LogP contribution in [0.3, 0.4) is 0 Å². The molecule has 1 N–H and O–H groups in total. The molecule has 0 saturated carbocycles. The number of hydrogen-bond acceptors (Lipinski definition) is 5. The normalized spacial score (nSPS) is 12.3. The van der Waals surface area contributed by atoms with E-state index < -0.39 is 12.1 Å². The zero-order valence-electron chi connectivity index (χ0n) is 11.0. The molecule has 100 valence electrons. The molecule has 18 heavy (non-hydrogen) atoms. The number of rotatable bonds is 5. The van der Waals surface area contributed by atoms with E-state index in [9.17, 15) is 9.90 Å². The quantitative estimate of drug-likeness (QED) is 0.666. The fourth-order valence-corrected chi connectivity index (χ4v) is 2.96. The van der Waals surface area contributed by atoms with Crippen molar-refractivity contribution >= 4 is 29.5 Å². The maximum atomic E-state index is 11.6. The van der Waals surface area contributed by atoms with Gasteiger partial charge in [0.2, 0.25) is 0 Å². The number of benzene rings is 1. The van der Waals surface area contributed by atoms with Gasteiger partial charge in [-0.25, -0.2) is 4.79 Å². The maximum Gasteiger partial charge on any atom is 0.339 e. The molecular formula is C13H18O3S2. The van der Waals surface area contributed by atoms with Gasteiger partial charge in [-0.2, -0.15) is 0 Å². The molecule has 1 aromatic rings. The van der Waals surface area contributed by atoms with Crippen LogP contribution in [-0.2, 0) is 9.53 Å². The number of carbonyl (C=O) groups is 1. The molecule has 0 spiro atoms. The highest BCUT2D eigenvalue weighted by molar-refractivity contribution is 7.99.